The zero-order chi connectivity index (χ0) is 11.9. The van der Waals surface area contributed by atoms with Crippen molar-refractivity contribution < 1.29 is 27.8 Å². The number of hydrogen-bond acceptors (Lipinski definition) is 4. The van der Waals surface area contributed by atoms with Gasteiger partial charge in [-0.1, -0.05) is 0 Å². The van der Waals surface area contributed by atoms with Crippen LogP contribution in [0.1, 0.15) is 6.42 Å². The molecule has 0 fully saturated rings. The molecule has 15 heavy (non-hydrogen) atoms. The smallest absolute Gasteiger partial charge is 0.329 e. The summed E-state index contributed by atoms with van der Waals surface area (Å²) in [5, 5.41) is 0. The lowest BCUT2D eigenvalue weighted by atomic mass is 10.5. The molecule has 0 aromatic heterocycles. The van der Waals surface area contributed by atoms with Gasteiger partial charge in [0.05, 0.1) is 27.7 Å². The van der Waals surface area contributed by atoms with E-state index in [4.69, 9.17) is 9.42 Å². The Kier molecular flexibility index (Phi) is 6.24. The molecule has 0 amide bonds. The van der Waals surface area contributed by atoms with Crippen LogP contribution in [-0.4, -0.2) is 56.6 Å². The molecule has 0 aliphatic rings. The summed E-state index contributed by atoms with van der Waals surface area (Å²) in [4.78, 5) is 19.1. The molecule has 1 N–H and O–H groups in total. The van der Waals surface area contributed by atoms with Crippen LogP contribution in [0.4, 0.5) is 0 Å². The van der Waals surface area contributed by atoms with Gasteiger partial charge in [0.15, 0.2) is 0 Å². The first-order chi connectivity index (χ1) is 6.77. The number of phosphoric ester groups is 1. The largest absolute Gasteiger partial charge is 0.472 e. The summed E-state index contributed by atoms with van der Waals surface area (Å²) in [7, 11) is 1.85. The summed E-state index contributed by atoms with van der Waals surface area (Å²) in [5.74, 6) is 0. The number of phosphoric acid groups is 1. The van der Waals surface area contributed by atoms with Crippen molar-refractivity contribution in [2.45, 2.75) is 6.42 Å². The van der Waals surface area contributed by atoms with Crippen molar-refractivity contribution in [2.24, 2.45) is 0 Å². The van der Waals surface area contributed by atoms with E-state index in [9.17, 15) is 9.36 Å². The van der Waals surface area contributed by atoms with E-state index in [1.165, 1.54) is 0 Å². The van der Waals surface area contributed by atoms with Crippen molar-refractivity contribution in [1.29, 1.82) is 0 Å². The minimum atomic E-state index is -3.98. The minimum Gasteiger partial charge on any atom is -0.329 e. The molecule has 7 heteroatoms. The van der Waals surface area contributed by atoms with E-state index >= 15 is 0 Å². The maximum Gasteiger partial charge on any atom is 0.472 e. The van der Waals surface area contributed by atoms with Gasteiger partial charge in [0.25, 0.3) is 0 Å². The van der Waals surface area contributed by atoms with Crippen LogP contribution in [0.2, 0.25) is 0 Å². The number of carbonyl (C=O) groups excluding carboxylic acids is 1. The van der Waals surface area contributed by atoms with Gasteiger partial charge in [0.2, 0.25) is 0 Å². The average Bonchev–Trinajstić information content (AvgIpc) is 2.01. The molecule has 0 saturated heterocycles. The van der Waals surface area contributed by atoms with Crippen LogP contribution in [0, 0.1) is 0 Å². The van der Waals surface area contributed by atoms with Crippen molar-refractivity contribution in [3.8, 4) is 0 Å². The Balaban J connectivity index is 3.74. The van der Waals surface area contributed by atoms with Crippen LogP contribution < -0.4 is 0 Å². The van der Waals surface area contributed by atoms with Crippen molar-refractivity contribution in [3.63, 3.8) is 0 Å². The molecule has 0 rings (SSSR count). The van der Waals surface area contributed by atoms with E-state index in [2.05, 4.69) is 4.52 Å². The predicted molar refractivity (Wildman–Crippen MR) is 55.3 cm³/mol. The first kappa shape index (κ1) is 14.7. The fourth-order valence-electron chi connectivity index (χ4n) is 0.683. The molecule has 0 aromatic rings. The summed E-state index contributed by atoms with van der Waals surface area (Å²) < 4.78 is 21.0. The molecule has 0 aliphatic heterocycles. The van der Waals surface area contributed by atoms with Crippen molar-refractivity contribution in [2.75, 3.05) is 40.9 Å². The van der Waals surface area contributed by atoms with E-state index in [-0.39, 0.29) is 19.6 Å². The molecule has 0 spiro atoms. The maximum absolute atomic E-state index is 11.2. The molecule has 1 atom stereocenters. The second kappa shape index (κ2) is 6.35. The highest BCUT2D eigenvalue weighted by molar-refractivity contribution is 7.47. The Bertz CT molecular complexity index is 238. The Morgan fingerprint density at radius 2 is 1.80 bits per heavy atom. The van der Waals surface area contributed by atoms with Crippen LogP contribution in [0.3, 0.4) is 0 Å². The lowest BCUT2D eigenvalue weighted by Crippen LogP contribution is -2.37. The first-order valence-electron chi connectivity index (χ1n) is 4.63. The lowest BCUT2D eigenvalue weighted by Gasteiger charge is -2.23. The van der Waals surface area contributed by atoms with Crippen LogP contribution in [0.5, 0.6) is 0 Å². The van der Waals surface area contributed by atoms with E-state index in [0.717, 1.165) is 0 Å². The first-order valence-corrected chi connectivity index (χ1v) is 6.12. The standard InChI is InChI=1S/C8H18NO5P/c1-9(2,3)5-8-14-15(11,12)13-7-4-6-10/h6H,4-5,7-8H2,1-3H3/p+1. The van der Waals surface area contributed by atoms with Gasteiger partial charge < -0.3 is 14.2 Å². The number of nitrogens with zero attached hydrogens (tertiary/aromatic N) is 1. The number of carbonyl (C=O) groups is 1. The Hall–Kier alpha value is -0.260. The second-order valence-corrected chi connectivity index (χ2v) is 5.56. The van der Waals surface area contributed by atoms with Gasteiger partial charge in [0, 0.05) is 6.42 Å². The zero-order valence-corrected chi connectivity index (χ0v) is 10.3. The number of rotatable bonds is 8. The highest BCUT2D eigenvalue weighted by atomic mass is 31.2. The maximum atomic E-state index is 11.2. The van der Waals surface area contributed by atoms with Gasteiger partial charge in [-0.2, -0.15) is 0 Å². The van der Waals surface area contributed by atoms with Crippen LogP contribution >= 0.6 is 7.82 Å². The third kappa shape index (κ3) is 10.0. The molecule has 0 aliphatic carbocycles. The monoisotopic (exact) mass is 240 g/mol. The molecule has 0 radical (unpaired) electrons. The zero-order valence-electron chi connectivity index (χ0n) is 9.38. The normalized spacial score (nSPS) is 16.0. The predicted octanol–water partition coefficient (Wildman–Crippen LogP) is 0.415. The van der Waals surface area contributed by atoms with Gasteiger partial charge in [-0.3, -0.25) is 9.05 Å². The quantitative estimate of drug-likeness (QED) is 0.288. The molecular formula is C8H19NO5P+. The lowest BCUT2D eigenvalue weighted by molar-refractivity contribution is -0.870. The van der Waals surface area contributed by atoms with Crippen LogP contribution in [-0.2, 0) is 18.4 Å². The van der Waals surface area contributed by atoms with Crippen LogP contribution in [0.15, 0.2) is 0 Å². The van der Waals surface area contributed by atoms with E-state index in [1.54, 1.807) is 0 Å². The summed E-state index contributed by atoms with van der Waals surface area (Å²) in [6.45, 7) is 0.640. The van der Waals surface area contributed by atoms with Crippen LogP contribution in [0.25, 0.3) is 0 Å². The molecule has 6 nitrogen and oxygen atoms in total. The molecule has 1 unspecified atom stereocenters. The second-order valence-electron chi connectivity index (χ2n) is 4.10. The molecule has 0 heterocycles. The van der Waals surface area contributed by atoms with Crippen molar-refractivity contribution >= 4 is 14.1 Å². The van der Waals surface area contributed by atoms with E-state index in [0.29, 0.717) is 17.3 Å². The summed E-state index contributed by atoms with van der Waals surface area (Å²) in [5.41, 5.74) is 0. The molecular weight excluding hydrogens is 221 g/mol. The Morgan fingerprint density at radius 1 is 1.27 bits per heavy atom. The fraction of sp³-hybridized carbons (Fsp3) is 0.875. The SMILES string of the molecule is C[N+](C)(C)CCOP(=O)(O)OCCC=O. The number of aldehydes is 1. The Morgan fingerprint density at radius 3 is 2.27 bits per heavy atom. The van der Waals surface area contributed by atoms with Gasteiger partial charge in [0.1, 0.15) is 19.4 Å². The van der Waals surface area contributed by atoms with E-state index in [1.807, 2.05) is 21.1 Å². The van der Waals surface area contributed by atoms with Gasteiger partial charge in [-0.05, 0) is 0 Å². The van der Waals surface area contributed by atoms with Gasteiger partial charge >= 0.3 is 7.82 Å². The molecule has 0 aromatic carbocycles. The number of likely N-dealkylation sites (N-methyl/N-ethyl adjacent to an activating group) is 1. The van der Waals surface area contributed by atoms with Crippen molar-refractivity contribution in [3.05, 3.63) is 0 Å². The molecule has 0 saturated carbocycles. The Labute approximate surface area is 90.0 Å². The third-order valence-corrected chi connectivity index (χ3v) is 2.52. The van der Waals surface area contributed by atoms with Gasteiger partial charge in [-0.25, -0.2) is 4.57 Å². The number of quaternary nitrogens is 1. The summed E-state index contributed by atoms with van der Waals surface area (Å²) in [6.07, 6.45) is 0.704. The highest BCUT2D eigenvalue weighted by Crippen LogP contribution is 2.42. The third-order valence-electron chi connectivity index (χ3n) is 1.51. The van der Waals surface area contributed by atoms with Gasteiger partial charge in [-0.15, -0.1) is 0 Å². The topological polar surface area (TPSA) is 72.8 Å². The van der Waals surface area contributed by atoms with E-state index < -0.39 is 7.82 Å². The summed E-state index contributed by atoms with van der Waals surface area (Å²) >= 11 is 0. The fourth-order valence-corrected chi connectivity index (χ4v) is 1.41. The number of hydrogen-bond donors (Lipinski definition) is 1. The van der Waals surface area contributed by atoms with Crippen molar-refractivity contribution in [1.82, 2.24) is 0 Å². The average molecular weight is 240 g/mol. The molecule has 0 bridgehead atoms. The molecule has 90 valence electrons. The minimum absolute atomic E-state index is 0.0866. The highest BCUT2D eigenvalue weighted by Gasteiger charge is 2.21. The summed E-state index contributed by atoms with van der Waals surface area (Å²) in [6, 6.07) is 0.